The van der Waals surface area contributed by atoms with E-state index in [0.29, 0.717) is 12.1 Å². The van der Waals surface area contributed by atoms with Crippen molar-refractivity contribution in [3.8, 4) is 0 Å². The minimum atomic E-state index is -1.21. The van der Waals surface area contributed by atoms with Crippen molar-refractivity contribution in [1.82, 2.24) is 0 Å². The lowest BCUT2D eigenvalue weighted by Gasteiger charge is -2.15. The standard InChI is InChI=1S/C15H14BrNO3S/c16-11-5-3-10(4-6-11)14(18)8-13(15(19)20)17-9-12-2-1-7-21-12/h1-7,13,17H,8-9H2,(H,19,20)/t13-/m1/s1. The Labute approximate surface area is 134 Å². The Morgan fingerprint density at radius 2 is 1.95 bits per heavy atom. The average molecular weight is 368 g/mol. The Hall–Kier alpha value is -1.50. The molecule has 0 unspecified atom stereocenters. The van der Waals surface area contributed by atoms with Crippen LogP contribution in [0.1, 0.15) is 21.7 Å². The largest absolute Gasteiger partial charge is 0.544 e. The third-order valence-electron chi connectivity index (χ3n) is 3.06. The molecule has 4 nitrogen and oxygen atoms in total. The van der Waals surface area contributed by atoms with Crippen LogP contribution in [0.3, 0.4) is 0 Å². The van der Waals surface area contributed by atoms with Gasteiger partial charge in [-0.3, -0.25) is 4.79 Å². The summed E-state index contributed by atoms with van der Waals surface area (Å²) in [6.45, 7) is 0.532. The van der Waals surface area contributed by atoms with Gasteiger partial charge in [0.2, 0.25) is 0 Å². The van der Waals surface area contributed by atoms with Crippen LogP contribution in [0.5, 0.6) is 0 Å². The minimum Gasteiger partial charge on any atom is -0.544 e. The number of Topliss-reactive ketones (excluding diaryl/α,β-unsaturated/α-hetero) is 1. The van der Waals surface area contributed by atoms with E-state index in [0.717, 1.165) is 9.35 Å². The van der Waals surface area contributed by atoms with Gasteiger partial charge in [0, 0.05) is 10.0 Å². The van der Waals surface area contributed by atoms with E-state index in [-0.39, 0.29) is 12.2 Å². The summed E-state index contributed by atoms with van der Waals surface area (Å²) in [6.07, 6.45) is -0.0741. The Bertz CT molecular complexity index is 610. The number of carbonyl (C=O) groups is 2. The third kappa shape index (κ3) is 4.77. The number of nitrogens with two attached hydrogens (primary N) is 1. The summed E-state index contributed by atoms with van der Waals surface area (Å²) in [5, 5.41) is 14.8. The van der Waals surface area contributed by atoms with Crippen molar-refractivity contribution in [3.63, 3.8) is 0 Å². The highest BCUT2D eigenvalue weighted by atomic mass is 79.9. The molecule has 0 saturated carbocycles. The molecule has 0 aliphatic heterocycles. The quantitative estimate of drug-likeness (QED) is 0.740. The van der Waals surface area contributed by atoms with E-state index in [1.54, 1.807) is 40.9 Å². The van der Waals surface area contributed by atoms with Crippen LogP contribution >= 0.6 is 27.3 Å². The summed E-state index contributed by atoms with van der Waals surface area (Å²) in [6, 6.07) is 9.85. The highest BCUT2D eigenvalue weighted by molar-refractivity contribution is 9.10. The fourth-order valence-electron chi connectivity index (χ4n) is 1.90. The number of aliphatic carboxylic acids is 1. The Morgan fingerprint density at radius 3 is 2.52 bits per heavy atom. The number of thiophene rings is 1. The Kier molecular flexibility index (Phi) is 5.67. The molecule has 2 rings (SSSR count). The van der Waals surface area contributed by atoms with Crippen molar-refractivity contribution < 1.29 is 20.0 Å². The van der Waals surface area contributed by atoms with Gasteiger partial charge in [0.25, 0.3) is 0 Å². The van der Waals surface area contributed by atoms with Crippen molar-refractivity contribution in [2.24, 2.45) is 0 Å². The van der Waals surface area contributed by atoms with Gasteiger partial charge in [-0.15, -0.1) is 11.3 Å². The van der Waals surface area contributed by atoms with E-state index in [1.165, 1.54) is 0 Å². The SMILES string of the molecule is O=C(C[C@@H]([NH2+]Cc1cccs1)C(=O)[O-])c1ccc(Br)cc1. The first-order valence-corrected chi connectivity index (χ1v) is 8.09. The van der Waals surface area contributed by atoms with Crippen LogP contribution in [0.25, 0.3) is 0 Å². The molecule has 2 aromatic rings. The van der Waals surface area contributed by atoms with Crippen LogP contribution < -0.4 is 10.4 Å². The normalized spacial score (nSPS) is 12.0. The zero-order chi connectivity index (χ0) is 15.2. The first-order valence-electron chi connectivity index (χ1n) is 6.41. The van der Waals surface area contributed by atoms with Crippen molar-refractivity contribution in [2.75, 3.05) is 0 Å². The van der Waals surface area contributed by atoms with Gasteiger partial charge >= 0.3 is 0 Å². The van der Waals surface area contributed by atoms with E-state index in [2.05, 4.69) is 15.9 Å². The van der Waals surface area contributed by atoms with Crippen LogP contribution in [-0.4, -0.2) is 17.8 Å². The molecule has 0 saturated heterocycles. The molecular formula is C15H14BrNO3S. The summed E-state index contributed by atoms with van der Waals surface area (Å²) in [5.74, 6) is -1.41. The smallest absolute Gasteiger partial charge is 0.169 e. The molecule has 1 aromatic carbocycles. The first kappa shape index (κ1) is 15.9. The summed E-state index contributed by atoms with van der Waals surface area (Å²) >= 11 is 4.85. The van der Waals surface area contributed by atoms with Crippen LogP contribution in [0.2, 0.25) is 0 Å². The van der Waals surface area contributed by atoms with Crippen LogP contribution in [0.15, 0.2) is 46.3 Å². The van der Waals surface area contributed by atoms with Crippen molar-refractivity contribution in [3.05, 3.63) is 56.7 Å². The Balaban J connectivity index is 1.97. The molecule has 1 heterocycles. The number of ketones is 1. The molecule has 0 radical (unpaired) electrons. The highest BCUT2D eigenvalue weighted by Crippen LogP contribution is 2.12. The second-order valence-electron chi connectivity index (χ2n) is 4.58. The van der Waals surface area contributed by atoms with E-state index in [4.69, 9.17) is 0 Å². The van der Waals surface area contributed by atoms with Crippen molar-refractivity contribution in [1.29, 1.82) is 0 Å². The molecule has 0 spiro atoms. The van der Waals surface area contributed by atoms with Crippen LogP contribution in [0.4, 0.5) is 0 Å². The van der Waals surface area contributed by atoms with Gasteiger partial charge < -0.3 is 15.2 Å². The second kappa shape index (κ2) is 7.49. The molecule has 0 aliphatic rings. The van der Waals surface area contributed by atoms with Crippen molar-refractivity contribution in [2.45, 2.75) is 19.0 Å². The maximum atomic E-state index is 12.1. The van der Waals surface area contributed by atoms with Gasteiger partial charge in [-0.05, 0) is 23.6 Å². The molecule has 0 fully saturated rings. The number of quaternary nitrogens is 1. The maximum absolute atomic E-state index is 12.1. The number of rotatable bonds is 7. The lowest BCUT2D eigenvalue weighted by atomic mass is 10.0. The summed E-state index contributed by atoms with van der Waals surface area (Å²) in [7, 11) is 0. The average Bonchev–Trinajstić information content (AvgIpc) is 2.96. The minimum absolute atomic E-state index is 0.0741. The molecule has 0 aliphatic carbocycles. The van der Waals surface area contributed by atoms with Gasteiger partial charge in [-0.25, -0.2) is 0 Å². The molecule has 110 valence electrons. The molecule has 21 heavy (non-hydrogen) atoms. The predicted octanol–water partition coefficient (Wildman–Crippen LogP) is 0.965. The van der Waals surface area contributed by atoms with Crippen LogP contribution in [-0.2, 0) is 11.3 Å². The van der Waals surface area contributed by atoms with E-state index >= 15 is 0 Å². The number of hydrogen-bond donors (Lipinski definition) is 1. The monoisotopic (exact) mass is 367 g/mol. The molecule has 0 amide bonds. The molecular weight excluding hydrogens is 354 g/mol. The summed E-state index contributed by atoms with van der Waals surface area (Å²) in [5.41, 5.74) is 0.508. The fourth-order valence-corrected chi connectivity index (χ4v) is 2.85. The van der Waals surface area contributed by atoms with Gasteiger partial charge in [-0.1, -0.05) is 34.1 Å². The van der Waals surface area contributed by atoms with E-state index < -0.39 is 12.0 Å². The molecule has 2 N–H and O–H groups in total. The molecule has 1 aromatic heterocycles. The number of benzene rings is 1. The van der Waals surface area contributed by atoms with E-state index in [9.17, 15) is 14.7 Å². The predicted molar refractivity (Wildman–Crippen MR) is 81.8 cm³/mol. The van der Waals surface area contributed by atoms with Gasteiger partial charge in [0.1, 0.15) is 12.6 Å². The lowest BCUT2D eigenvalue weighted by molar-refractivity contribution is -0.696. The third-order valence-corrected chi connectivity index (χ3v) is 4.49. The summed E-state index contributed by atoms with van der Waals surface area (Å²) < 4.78 is 0.875. The first-order chi connectivity index (χ1) is 10.1. The second-order valence-corrected chi connectivity index (χ2v) is 6.53. The molecule has 1 atom stereocenters. The van der Waals surface area contributed by atoms with Crippen molar-refractivity contribution >= 4 is 39.0 Å². The molecule has 0 bridgehead atoms. The topological polar surface area (TPSA) is 73.8 Å². The van der Waals surface area contributed by atoms with E-state index in [1.807, 2.05) is 17.5 Å². The maximum Gasteiger partial charge on any atom is 0.169 e. The lowest BCUT2D eigenvalue weighted by Crippen LogP contribution is -2.92. The number of carboxylic acids is 1. The number of hydrogen-bond acceptors (Lipinski definition) is 4. The highest BCUT2D eigenvalue weighted by Gasteiger charge is 2.19. The Morgan fingerprint density at radius 1 is 1.24 bits per heavy atom. The number of carbonyl (C=O) groups excluding carboxylic acids is 2. The van der Waals surface area contributed by atoms with Gasteiger partial charge in [0.05, 0.1) is 17.3 Å². The molecule has 6 heteroatoms. The number of halogens is 1. The van der Waals surface area contributed by atoms with Crippen LogP contribution in [0, 0.1) is 0 Å². The van der Waals surface area contributed by atoms with Gasteiger partial charge in [0.15, 0.2) is 5.78 Å². The number of carboxylic acid groups (broad SMARTS) is 1. The van der Waals surface area contributed by atoms with Gasteiger partial charge in [-0.2, -0.15) is 0 Å². The zero-order valence-electron chi connectivity index (χ0n) is 11.1. The zero-order valence-corrected chi connectivity index (χ0v) is 13.5. The fraction of sp³-hybridized carbons (Fsp3) is 0.200. The summed E-state index contributed by atoms with van der Waals surface area (Å²) in [4.78, 5) is 24.4.